The summed E-state index contributed by atoms with van der Waals surface area (Å²) >= 11 is 11.9. The highest BCUT2D eigenvalue weighted by atomic mass is 35.5. The minimum Gasteiger partial charge on any atom is -0.494 e. The molecule has 90 valence electrons. The maximum absolute atomic E-state index is 9.22. The van der Waals surface area contributed by atoms with E-state index < -0.39 is 6.10 Å². The van der Waals surface area contributed by atoms with Crippen LogP contribution >= 0.6 is 23.2 Å². The number of methoxy groups -OCH3 is 1. The Hall–Kier alpha value is -0.480. The SMILES string of the molecule is COc1c(Cl)cc(CCC(O)CO)cc1Cl. The molecule has 5 heteroatoms. The van der Waals surface area contributed by atoms with Gasteiger partial charge in [0.1, 0.15) is 0 Å². The van der Waals surface area contributed by atoms with Crippen LogP contribution in [0.2, 0.25) is 10.0 Å². The normalized spacial score (nSPS) is 12.6. The lowest BCUT2D eigenvalue weighted by molar-refractivity contribution is 0.0886. The molecule has 0 fully saturated rings. The zero-order chi connectivity index (χ0) is 12.1. The first-order chi connectivity index (χ1) is 7.58. The third-order valence-electron chi connectivity index (χ3n) is 2.24. The van der Waals surface area contributed by atoms with E-state index in [2.05, 4.69) is 0 Å². The summed E-state index contributed by atoms with van der Waals surface area (Å²) in [6, 6.07) is 3.49. The Bertz CT molecular complexity index is 332. The van der Waals surface area contributed by atoms with Crippen LogP contribution in [0.4, 0.5) is 0 Å². The molecule has 0 aliphatic rings. The van der Waals surface area contributed by atoms with E-state index in [9.17, 15) is 5.11 Å². The maximum atomic E-state index is 9.22. The molecular formula is C11H14Cl2O3. The van der Waals surface area contributed by atoms with Crippen molar-refractivity contribution in [3.8, 4) is 5.75 Å². The van der Waals surface area contributed by atoms with Crippen molar-refractivity contribution < 1.29 is 14.9 Å². The van der Waals surface area contributed by atoms with Gasteiger partial charge >= 0.3 is 0 Å². The van der Waals surface area contributed by atoms with Gasteiger partial charge in [-0.1, -0.05) is 23.2 Å². The molecule has 2 N–H and O–H groups in total. The lowest BCUT2D eigenvalue weighted by Crippen LogP contribution is -2.12. The van der Waals surface area contributed by atoms with Gasteiger partial charge in [0, 0.05) is 0 Å². The molecule has 3 nitrogen and oxygen atoms in total. The molecule has 0 saturated heterocycles. The molecular weight excluding hydrogens is 251 g/mol. The second-order valence-electron chi connectivity index (χ2n) is 3.47. The average molecular weight is 265 g/mol. The van der Waals surface area contributed by atoms with Crippen LogP contribution in [-0.4, -0.2) is 30.0 Å². The standard InChI is InChI=1S/C11H14Cl2O3/c1-16-11-9(12)4-7(5-10(11)13)2-3-8(15)6-14/h4-5,8,14-15H,2-3,6H2,1H3. The lowest BCUT2D eigenvalue weighted by atomic mass is 10.1. The summed E-state index contributed by atoms with van der Waals surface area (Å²) in [5.41, 5.74) is 0.906. The van der Waals surface area contributed by atoms with Crippen LogP contribution in [0.3, 0.4) is 0 Å². The minimum atomic E-state index is -0.709. The highest BCUT2D eigenvalue weighted by Crippen LogP contribution is 2.34. The van der Waals surface area contributed by atoms with Gasteiger partial charge in [-0.3, -0.25) is 0 Å². The summed E-state index contributed by atoms with van der Waals surface area (Å²) in [6.07, 6.45) is 0.361. The van der Waals surface area contributed by atoms with Crippen LogP contribution in [0.15, 0.2) is 12.1 Å². The van der Waals surface area contributed by atoms with Gasteiger partial charge in [-0.15, -0.1) is 0 Å². The second-order valence-corrected chi connectivity index (χ2v) is 4.28. The van der Waals surface area contributed by atoms with Crippen molar-refractivity contribution in [1.29, 1.82) is 0 Å². The Morgan fingerprint density at radius 1 is 1.31 bits per heavy atom. The summed E-state index contributed by atoms with van der Waals surface area (Å²) in [7, 11) is 1.50. The molecule has 0 bridgehead atoms. The molecule has 0 radical (unpaired) electrons. The van der Waals surface area contributed by atoms with Crippen molar-refractivity contribution in [3.05, 3.63) is 27.7 Å². The molecule has 1 aromatic rings. The van der Waals surface area contributed by atoms with E-state index in [1.54, 1.807) is 12.1 Å². The first-order valence-corrected chi connectivity index (χ1v) is 5.65. The number of aryl methyl sites for hydroxylation is 1. The summed E-state index contributed by atoms with van der Waals surface area (Å²) in [5.74, 6) is 0.454. The summed E-state index contributed by atoms with van der Waals surface area (Å²) in [5, 5.41) is 18.8. The van der Waals surface area contributed by atoms with Crippen LogP contribution in [0.1, 0.15) is 12.0 Å². The number of hydrogen-bond donors (Lipinski definition) is 2. The molecule has 0 aliphatic heterocycles. The molecule has 1 unspecified atom stereocenters. The number of ether oxygens (including phenoxy) is 1. The second kappa shape index (κ2) is 6.30. The number of aliphatic hydroxyl groups is 2. The summed E-state index contributed by atoms with van der Waals surface area (Å²) in [4.78, 5) is 0. The van der Waals surface area contributed by atoms with Crippen LogP contribution < -0.4 is 4.74 Å². The quantitative estimate of drug-likeness (QED) is 0.858. The van der Waals surface area contributed by atoms with Gasteiger partial charge in [-0.05, 0) is 30.5 Å². The molecule has 0 heterocycles. The van der Waals surface area contributed by atoms with Crippen LogP contribution in [-0.2, 0) is 6.42 Å². The summed E-state index contributed by atoms with van der Waals surface area (Å²) in [6.45, 7) is -0.238. The van der Waals surface area contributed by atoms with E-state index in [1.165, 1.54) is 7.11 Å². The van der Waals surface area contributed by atoms with Crippen LogP contribution in [0, 0.1) is 0 Å². The van der Waals surface area contributed by atoms with Gasteiger partial charge in [-0.2, -0.15) is 0 Å². The molecule has 0 aromatic heterocycles. The highest BCUT2D eigenvalue weighted by Gasteiger charge is 2.09. The monoisotopic (exact) mass is 264 g/mol. The number of benzene rings is 1. The number of hydrogen-bond acceptors (Lipinski definition) is 3. The number of aliphatic hydroxyl groups excluding tert-OH is 2. The Labute approximate surface area is 105 Å². The van der Waals surface area contributed by atoms with Crippen molar-refractivity contribution in [2.24, 2.45) is 0 Å². The fraction of sp³-hybridized carbons (Fsp3) is 0.455. The Morgan fingerprint density at radius 3 is 2.31 bits per heavy atom. The van der Waals surface area contributed by atoms with E-state index in [1.807, 2.05) is 0 Å². The van der Waals surface area contributed by atoms with Crippen molar-refractivity contribution in [3.63, 3.8) is 0 Å². The van der Waals surface area contributed by atoms with Crippen molar-refractivity contribution in [2.45, 2.75) is 18.9 Å². The molecule has 0 spiro atoms. The van der Waals surface area contributed by atoms with Gasteiger partial charge in [0.25, 0.3) is 0 Å². The fourth-order valence-corrected chi connectivity index (χ4v) is 2.06. The third-order valence-corrected chi connectivity index (χ3v) is 2.80. The van der Waals surface area contributed by atoms with E-state index in [0.29, 0.717) is 28.6 Å². The van der Waals surface area contributed by atoms with Gasteiger partial charge in [0.2, 0.25) is 0 Å². The van der Waals surface area contributed by atoms with E-state index in [-0.39, 0.29) is 6.61 Å². The average Bonchev–Trinajstić information content (AvgIpc) is 2.25. The van der Waals surface area contributed by atoms with E-state index in [0.717, 1.165) is 5.56 Å². The van der Waals surface area contributed by atoms with Gasteiger partial charge < -0.3 is 14.9 Å². The molecule has 0 aliphatic carbocycles. The van der Waals surface area contributed by atoms with Gasteiger partial charge in [0.05, 0.1) is 29.9 Å². The van der Waals surface area contributed by atoms with Gasteiger partial charge in [0.15, 0.2) is 5.75 Å². The van der Waals surface area contributed by atoms with Crippen molar-refractivity contribution >= 4 is 23.2 Å². The topological polar surface area (TPSA) is 49.7 Å². The Balaban J connectivity index is 2.76. The molecule has 1 atom stereocenters. The molecule has 1 aromatic carbocycles. The fourth-order valence-electron chi connectivity index (χ4n) is 1.38. The molecule has 16 heavy (non-hydrogen) atoms. The minimum absolute atomic E-state index is 0.238. The van der Waals surface area contributed by atoms with Crippen molar-refractivity contribution in [2.75, 3.05) is 13.7 Å². The summed E-state index contributed by atoms with van der Waals surface area (Å²) < 4.78 is 5.02. The van der Waals surface area contributed by atoms with E-state index >= 15 is 0 Å². The third kappa shape index (κ3) is 3.52. The van der Waals surface area contributed by atoms with Crippen LogP contribution in [0.5, 0.6) is 5.75 Å². The Morgan fingerprint density at radius 2 is 1.88 bits per heavy atom. The molecule has 0 saturated carbocycles. The highest BCUT2D eigenvalue weighted by molar-refractivity contribution is 6.37. The van der Waals surface area contributed by atoms with E-state index in [4.69, 9.17) is 33.0 Å². The zero-order valence-electron chi connectivity index (χ0n) is 8.91. The number of halogens is 2. The largest absolute Gasteiger partial charge is 0.494 e. The molecule has 1 rings (SSSR count). The zero-order valence-corrected chi connectivity index (χ0v) is 10.4. The van der Waals surface area contributed by atoms with Crippen molar-refractivity contribution in [1.82, 2.24) is 0 Å². The lowest BCUT2D eigenvalue weighted by Gasteiger charge is -2.10. The maximum Gasteiger partial charge on any atom is 0.156 e. The molecule has 0 amide bonds. The first-order valence-electron chi connectivity index (χ1n) is 4.89. The van der Waals surface area contributed by atoms with Gasteiger partial charge in [-0.25, -0.2) is 0 Å². The first kappa shape index (κ1) is 13.6. The Kier molecular flexibility index (Phi) is 5.35. The number of rotatable bonds is 5. The predicted octanol–water partition coefficient (Wildman–Crippen LogP) is 2.29. The van der Waals surface area contributed by atoms with Crippen LogP contribution in [0.25, 0.3) is 0 Å². The smallest absolute Gasteiger partial charge is 0.156 e. The predicted molar refractivity (Wildman–Crippen MR) is 64.4 cm³/mol.